The lowest BCUT2D eigenvalue weighted by Gasteiger charge is -2.42. The highest BCUT2D eigenvalue weighted by Crippen LogP contribution is 2.35. The number of phenolic OH excluding ortho intramolecular Hbond substituents is 1. The van der Waals surface area contributed by atoms with Crippen molar-refractivity contribution < 1.29 is 5.11 Å². The number of aromatic hydroxyl groups is 1. The fraction of sp³-hybridized carbons (Fsp3) is 0.538. The van der Waals surface area contributed by atoms with Gasteiger partial charge in [-0.3, -0.25) is 0 Å². The van der Waals surface area contributed by atoms with Gasteiger partial charge in [-0.2, -0.15) is 0 Å². The summed E-state index contributed by atoms with van der Waals surface area (Å²) in [6.07, 6.45) is 5.02. The number of halogens is 1. The van der Waals surface area contributed by atoms with Crippen molar-refractivity contribution in [3.63, 3.8) is 0 Å². The molecule has 0 aliphatic heterocycles. The summed E-state index contributed by atoms with van der Waals surface area (Å²) in [5.41, 5.74) is 1.29. The van der Waals surface area contributed by atoms with Gasteiger partial charge in [0, 0.05) is 17.6 Å². The summed E-state index contributed by atoms with van der Waals surface area (Å²) < 4.78 is 0.769. The van der Waals surface area contributed by atoms with Crippen LogP contribution < -0.4 is 5.32 Å². The summed E-state index contributed by atoms with van der Waals surface area (Å²) in [5.74, 6) is 0.362. The number of nitrogens with one attached hydrogen (secondary N) is 1. The van der Waals surface area contributed by atoms with Gasteiger partial charge in [0.25, 0.3) is 0 Å². The summed E-state index contributed by atoms with van der Waals surface area (Å²) in [5, 5.41) is 13.5. The average molecular weight is 284 g/mol. The Bertz CT molecular complexity index is 369. The van der Waals surface area contributed by atoms with Crippen molar-refractivity contribution in [1.29, 1.82) is 0 Å². The van der Waals surface area contributed by atoms with Crippen LogP contribution in [0.15, 0.2) is 22.7 Å². The number of hydrogen-bond acceptors (Lipinski definition) is 2. The van der Waals surface area contributed by atoms with Crippen molar-refractivity contribution in [3.05, 3.63) is 28.2 Å². The molecule has 0 unspecified atom stereocenters. The van der Waals surface area contributed by atoms with E-state index in [-0.39, 0.29) is 0 Å². The number of para-hydroxylation sites is 1. The van der Waals surface area contributed by atoms with Crippen LogP contribution in [0.25, 0.3) is 0 Å². The van der Waals surface area contributed by atoms with Gasteiger partial charge in [0.2, 0.25) is 0 Å². The molecule has 0 radical (unpaired) electrons. The predicted molar refractivity (Wildman–Crippen MR) is 69.5 cm³/mol. The lowest BCUT2D eigenvalue weighted by Crippen LogP contribution is -2.49. The third-order valence-corrected chi connectivity index (χ3v) is 4.35. The molecule has 1 aliphatic rings. The third-order valence-electron chi connectivity index (χ3n) is 3.71. The van der Waals surface area contributed by atoms with Gasteiger partial charge in [0.15, 0.2) is 0 Å². The van der Waals surface area contributed by atoms with E-state index >= 15 is 0 Å². The first-order valence-electron chi connectivity index (χ1n) is 5.88. The van der Waals surface area contributed by atoms with E-state index in [9.17, 15) is 5.11 Å². The summed E-state index contributed by atoms with van der Waals surface area (Å²) in [6, 6.07) is 5.78. The van der Waals surface area contributed by atoms with E-state index in [2.05, 4.69) is 28.2 Å². The molecular formula is C13H18BrNO. The Morgan fingerprint density at radius 2 is 2.19 bits per heavy atom. The molecule has 0 saturated heterocycles. The Morgan fingerprint density at radius 3 is 2.75 bits per heavy atom. The highest BCUT2D eigenvalue weighted by Gasteiger charge is 2.34. The van der Waals surface area contributed by atoms with Gasteiger partial charge in [-0.05, 0) is 47.7 Å². The van der Waals surface area contributed by atoms with E-state index in [0.29, 0.717) is 11.3 Å². The number of rotatable bonds is 4. The molecule has 1 aromatic carbocycles. The predicted octanol–water partition coefficient (Wildman–Crippen LogP) is 3.58. The summed E-state index contributed by atoms with van der Waals surface area (Å²) in [6.45, 7) is 2.98. The maximum atomic E-state index is 9.87. The fourth-order valence-corrected chi connectivity index (χ4v) is 2.65. The van der Waals surface area contributed by atoms with Crippen LogP contribution in [-0.4, -0.2) is 10.6 Å². The Labute approximate surface area is 105 Å². The van der Waals surface area contributed by atoms with Crippen LogP contribution in [0.2, 0.25) is 0 Å². The molecule has 0 amide bonds. The second kappa shape index (κ2) is 4.76. The lowest BCUT2D eigenvalue weighted by molar-refractivity contribution is 0.175. The van der Waals surface area contributed by atoms with Crippen LogP contribution in [0, 0.1) is 0 Å². The molecule has 16 heavy (non-hydrogen) atoms. The Hall–Kier alpha value is -0.540. The van der Waals surface area contributed by atoms with Gasteiger partial charge in [-0.15, -0.1) is 0 Å². The highest BCUT2D eigenvalue weighted by atomic mass is 79.9. The smallest absolute Gasteiger partial charge is 0.134 e. The second-order valence-corrected chi connectivity index (χ2v) is 5.44. The van der Waals surface area contributed by atoms with E-state index in [1.165, 1.54) is 25.7 Å². The molecule has 0 spiro atoms. The Kier molecular flexibility index (Phi) is 3.55. The Balaban J connectivity index is 2.02. The van der Waals surface area contributed by atoms with Crippen molar-refractivity contribution in [1.82, 2.24) is 5.32 Å². The van der Waals surface area contributed by atoms with Gasteiger partial charge >= 0.3 is 0 Å². The van der Waals surface area contributed by atoms with Crippen LogP contribution >= 0.6 is 15.9 Å². The highest BCUT2D eigenvalue weighted by molar-refractivity contribution is 9.10. The zero-order valence-electron chi connectivity index (χ0n) is 9.59. The van der Waals surface area contributed by atoms with Gasteiger partial charge in [0.05, 0.1) is 4.47 Å². The molecule has 88 valence electrons. The van der Waals surface area contributed by atoms with E-state index in [4.69, 9.17) is 0 Å². The zero-order valence-corrected chi connectivity index (χ0v) is 11.2. The summed E-state index contributed by atoms with van der Waals surface area (Å²) in [7, 11) is 0. The molecule has 0 bridgehead atoms. The van der Waals surface area contributed by atoms with Crippen LogP contribution in [-0.2, 0) is 6.54 Å². The normalized spacial score (nSPS) is 18.1. The molecule has 3 heteroatoms. The Morgan fingerprint density at radius 1 is 1.44 bits per heavy atom. The van der Waals surface area contributed by atoms with Crippen LogP contribution in [0.5, 0.6) is 5.75 Å². The van der Waals surface area contributed by atoms with Crippen LogP contribution in [0.1, 0.15) is 38.2 Å². The fourth-order valence-electron chi connectivity index (χ4n) is 2.24. The maximum Gasteiger partial charge on any atom is 0.134 e. The SMILES string of the molecule is CCC1(NCc2cccc(Br)c2O)CCC1. The van der Waals surface area contributed by atoms with E-state index in [0.717, 1.165) is 16.6 Å². The maximum absolute atomic E-state index is 9.87. The van der Waals surface area contributed by atoms with E-state index in [1.807, 2.05) is 18.2 Å². The topological polar surface area (TPSA) is 32.3 Å². The van der Waals surface area contributed by atoms with Crippen molar-refractivity contribution in [3.8, 4) is 5.75 Å². The monoisotopic (exact) mass is 283 g/mol. The van der Waals surface area contributed by atoms with Gasteiger partial charge < -0.3 is 10.4 Å². The van der Waals surface area contributed by atoms with E-state index in [1.54, 1.807) is 0 Å². The molecule has 2 N–H and O–H groups in total. The van der Waals surface area contributed by atoms with Crippen LogP contribution in [0.4, 0.5) is 0 Å². The first-order chi connectivity index (χ1) is 7.67. The molecule has 1 aliphatic carbocycles. The number of benzene rings is 1. The van der Waals surface area contributed by atoms with Crippen molar-refractivity contribution in [2.75, 3.05) is 0 Å². The molecule has 0 atom stereocenters. The van der Waals surface area contributed by atoms with Gasteiger partial charge in [0.1, 0.15) is 5.75 Å². The van der Waals surface area contributed by atoms with Crippen molar-refractivity contribution >= 4 is 15.9 Å². The standard InChI is InChI=1S/C13H18BrNO/c1-2-13(7-4-8-13)15-9-10-5-3-6-11(14)12(10)16/h3,5-6,15-16H,2,4,7-9H2,1H3. The summed E-state index contributed by atoms with van der Waals surface area (Å²) >= 11 is 3.34. The minimum absolute atomic E-state index is 0.328. The van der Waals surface area contributed by atoms with Crippen LogP contribution in [0.3, 0.4) is 0 Å². The molecule has 0 aromatic heterocycles. The minimum atomic E-state index is 0.328. The average Bonchev–Trinajstić information content (AvgIpc) is 2.23. The molecule has 0 heterocycles. The first kappa shape index (κ1) is 11.9. The van der Waals surface area contributed by atoms with Gasteiger partial charge in [-0.1, -0.05) is 19.1 Å². The molecule has 1 fully saturated rings. The molecular weight excluding hydrogens is 266 g/mol. The molecule has 1 aromatic rings. The van der Waals surface area contributed by atoms with Crippen molar-refractivity contribution in [2.24, 2.45) is 0 Å². The quantitative estimate of drug-likeness (QED) is 0.885. The first-order valence-corrected chi connectivity index (χ1v) is 6.67. The lowest BCUT2D eigenvalue weighted by atomic mass is 9.75. The van der Waals surface area contributed by atoms with E-state index < -0.39 is 0 Å². The van der Waals surface area contributed by atoms with Crippen molar-refractivity contribution in [2.45, 2.75) is 44.7 Å². The summed E-state index contributed by atoms with van der Waals surface area (Å²) in [4.78, 5) is 0. The van der Waals surface area contributed by atoms with Gasteiger partial charge in [-0.25, -0.2) is 0 Å². The molecule has 1 saturated carbocycles. The number of hydrogen-bond donors (Lipinski definition) is 2. The molecule has 2 rings (SSSR count). The second-order valence-electron chi connectivity index (χ2n) is 4.59. The molecule has 2 nitrogen and oxygen atoms in total. The zero-order chi connectivity index (χ0) is 11.6. The largest absolute Gasteiger partial charge is 0.506 e. The number of phenols is 1. The minimum Gasteiger partial charge on any atom is -0.506 e. The third kappa shape index (κ3) is 2.25.